The average Bonchev–Trinajstić information content (AvgIpc) is 2.35. The highest BCUT2D eigenvalue weighted by atomic mass is 19.4. The van der Waals surface area contributed by atoms with Crippen LogP contribution in [-0.4, -0.2) is 31.7 Å². The van der Waals surface area contributed by atoms with E-state index in [1.54, 1.807) is 0 Å². The summed E-state index contributed by atoms with van der Waals surface area (Å²) in [5.41, 5.74) is 0.247. The van der Waals surface area contributed by atoms with Crippen molar-refractivity contribution >= 4 is 0 Å². The summed E-state index contributed by atoms with van der Waals surface area (Å²) >= 11 is 0. The molecule has 0 unspecified atom stereocenters. The lowest BCUT2D eigenvalue weighted by Crippen LogP contribution is -2.44. The van der Waals surface area contributed by atoms with Crippen LogP contribution in [0.3, 0.4) is 0 Å². The van der Waals surface area contributed by atoms with Crippen LogP contribution in [0.1, 0.15) is 5.56 Å². The lowest BCUT2D eigenvalue weighted by molar-refractivity contribution is -0.322. The Morgan fingerprint density at radius 1 is 1.05 bits per heavy atom. The van der Waals surface area contributed by atoms with Gasteiger partial charge in [0.05, 0.1) is 18.2 Å². The minimum absolute atomic E-state index is 0.146. The van der Waals surface area contributed by atoms with Crippen molar-refractivity contribution in [3.63, 3.8) is 0 Å². The van der Waals surface area contributed by atoms with Crippen LogP contribution in [-0.2, 0) is 4.74 Å². The molecule has 0 atom stereocenters. The first-order chi connectivity index (χ1) is 9.64. The second-order valence-corrected chi connectivity index (χ2v) is 3.82. The second-order valence-electron chi connectivity index (χ2n) is 3.82. The van der Waals surface area contributed by atoms with Gasteiger partial charge in [-0.15, -0.1) is 0 Å². The van der Waals surface area contributed by atoms with Gasteiger partial charge >= 0.3 is 12.4 Å². The van der Waals surface area contributed by atoms with Gasteiger partial charge in [-0.1, -0.05) is 6.07 Å². The molecule has 1 aromatic rings. The molecule has 3 nitrogen and oxygen atoms in total. The van der Waals surface area contributed by atoms with Gasteiger partial charge in [-0.3, -0.25) is 0 Å². The van der Waals surface area contributed by atoms with Gasteiger partial charge in [0, 0.05) is 0 Å². The van der Waals surface area contributed by atoms with E-state index in [1.165, 1.54) is 24.3 Å². The van der Waals surface area contributed by atoms with Gasteiger partial charge in [0.15, 0.2) is 0 Å². The Morgan fingerprint density at radius 2 is 1.67 bits per heavy atom. The molecule has 0 heterocycles. The van der Waals surface area contributed by atoms with Crippen molar-refractivity contribution in [1.82, 2.24) is 0 Å². The topological polar surface area (TPSA) is 42.2 Å². The first-order valence-corrected chi connectivity index (χ1v) is 5.52. The molecule has 0 fully saturated rings. The van der Waals surface area contributed by atoms with E-state index in [9.17, 15) is 26.3 Å². The second kappa shape index (κ2) is 6.67. The van der Waals surface area contributed by atoms with E-state index in [0.717, 1.165) is 0 Å². The van der Waals surface area contributed by atoms with Gasteiger partial charge in [-0.2, -0.15) is 31.6 Å². The van der Waals surface area contributed by atoms with Crippen molar-refractivity contribution in [2.24, 2.45) is 0 Å². The lowest BCUT2D eigenvalue weighted by atomic mass is 10.2. The fourth-order valence-electron chi connectivity index (χ4n) is 1.36. The largest absolute Gasteiger partial charge is 0.491 e. The molecule has 0 spiro atoms. The summed E-state index contributed by atoms with van der Waals surface area (Å²) < 4.78 is 81.6. The fraction of sp³-hybridized carbons (Fsp3) is 0.417. The van der Waals surface area contributed by atoms with Crippen molar-refractivity contribution in [1.29, 1.82) is 5.26 Å². The number of nitriles is 1. The van der Waals surface area contributed by atoms with Crippen molar-refractivity contribution in [3.05, 3.63) is 29.8 Å². The normalized spacial score (nSPS) is 12.3. The minimum Gasteiger partial charge on any atom is -0.491 e. The van der Waals surface area contributed by atoms with Crippen molar-refractivity contribution < 1.29 is 35.8 Å². The van der Waals surface area contributed by atoms with E-state index < -0.39 is 31.7 Å². The molecule has 0 bridgehead atoms. The zero-order valence-electron chi connectivity index (χ0n) is 10.3. The smallest absolute Gasteiger partial charge is 0.423 e. The monoisotopic (exact) mass is 313 g/mol. The molecule has 0 N–H and O–H groups in total. The van der Waals surface area contributed by atoms with E-state index in [0.29, 0.717) is 0 Å². The Labute approximate surface area is 115 Å². The van der Waals surface area contributed by atoms with Crippen LogP contribution in [0.25, 0.3) is 0 Å². The average molecular weight is 313 g/mol. The molecule has 21 heavy (non-hydrogen) atoms. The van der Waals surface area contributed by atoms with E-state index in [4.69, 9.17) is 10.00 Å². The summed E-state index contributed by atoms with van der Waals surface area (Å²) in [5.74, 6) is 0.146. The predicted octanol–water partition coefficient (Wildman–Crippen LogP) is 3.45. The van der Waals surface area contributed by atoms with Crippen LogP contribution in [0, 0.1) is 11.3 Å². The summed E-state index contributed by atoms with van der Waals surface area (Å²) in [6, 6.07) is 7.44. The van der Waals surface area contributed by atoms with Crippen molar-refractivity contribution in [2.75, 3.05) is 13.2 Å². The Balaban J connectivity index is 2.50. The molecule has 116 valence electrons. The first kappa shape index (κ1) is 17.1. The maximum absolute atomic E-state index is 12.1. The van der Waals surface area contributed by atoms with E-state index >= 15 is 0 Å². The van der Waals surface area contributed by atoms with Gasteiger partial charge in [-0.25, -0.2) is 0 Å². The maximum Gasteiger partial charge on any atom is 0.423 e. The van der Waals surface area contributed by atoms with Crippen LogP contribution in [0.5, 0.6) is 5.75 Å². The van der Waals surface area contributed by atoms with Gasteiger partial charge in [0.2, 0.25) is 6.10 Å². The molecule has 0 amide bonds. The summed E-state index contributed by atoms with van der Waals surface area (Å²) in [6.07, 6.45) is -14.9. The molecule has 0 saturated carbocycles. The SMILES string of the molecule is N#Cc1cccc(OCCOC(C(F)(F)F)C(F)(F)F)c1. The maximum atomic E-state index is 12.1. The molecule has 0 aliphatic rings. The number of benzene rings is 1. The minimum atomic E-state index is -5.54. The van der Waals surface area contributed by atoms with Crippen LogP contribution < -0.4 is 4.74 Å². The van der Waals surface area contributed by atoms with Gasteiger partial charge in [0.1, 0.15) is 12.4 Å². The molecule has 0 radical (unpaired) electrons. The summed E-state index contributed by atoms with van der Waals surface area (Å²) in [4.78, 5) is 0. The zero-order valence-corrected chi connectivity index (χ0v) is 10.3. The predicted molar refractivity (Wildman–Crippen MR) is 58.5 cm³/mol. The molecule has 0 saturated heterocycles. The third kappa shape index (κ3) is 5.51. The Hall–Kier alpha value is -1.95. The first-order valence-electron chi connectivity index (χ1n) is 5.52. The number of hydrogen-bond acceptors (Lipinski definition) is 3. The third-order valence-electron chi connectivity index (χ3n) is 2.19. The summed E-state index contributed by atoms with van der Waals surface area (Å²) in [6.45, 7) is -1.42. The highest BCUT2D eigenvalue weighted by Crippen LogP contribution is 2.35. The highest BCUT2D eigenvalue weighted by molar-refractivity contribution is 5.36. The number of ether oxygens (including phenoxy) is 2. The van der Waals surface area contributed by atoms with Crippen molar-refractivity contribution in [3.8, 4) is 11.8 Å². The van der Waals surface area contributed by atoms with E-state index in [-0.39, 0.29) is 11.3 Å². The Bertz CT molecular complexity index is 492. The molecular formula is C12H9F6NO2. The number of halogens is 6. The molecular weight excluding hydrogens is 304 g/mol. The molecule has 9 heteroatoms. The molecule has 0 aromatic heterocycles. The van der Waals surface area contributed by atoms with Gasteiger partial charge < -0.3 is 9.47 Å². The quantitative estimate of drug-likeness (QED) is 0.618. The fourth-order valence-corrected chi connectivity index (χ4v) is 1.36. The molecule has 0 aliphatic heterocycles. The summed E-state index contributed by atoms with van der Waals surface area (Å²) in [7, 11) is 0. The number of nitrogens with zero attached hydrogens (tertiary/aromatic N) is 1. The molecule has 1 rings (SSSR count). The van der Waals surface area contributed by atoms with Crippen LogP contribution in [0.15, 0.2) is 24.3 Å². The molecule has 1 aromatic carbocycles. The van der Waals surface area contributed by atoms with Gasteiger partial charge in [0.25, 0.3) is 0 Å². The third-order valence-corrected chi connectivity index (χ3v) is 2.19. The van der Waals surface area contributed by atoms with E-state index in [1.807, 2.05) is 6.07 Å². The van der Waals surface area contributed by atoms with Crippen molar-refractivity contribution in [2.45, 2.75) is 18.5 Å². The Kier molecular flexibility index (Phi) is 5.43. The number of hydrogen-bond donors (Lipinski definition) is 0. The van der Waals surface area contributed by atoms with Crippen LogP contribution >= 0.6 is 0 Å². The highest BCUT2D eigenvalue weighted by Gasteiger charge is 2.57. The summed E-state index contributed by atoms with van der Waals surface area (Å²) in [5, 5.41) is 8.61. The van der Waals surface area contributed by atoms with Crippen LogP contribution in [0.4, 0.5) is 26.3 Å². The standard InChI is InChI=1S/C12H9F6NO2/c13-11(14,15)10(12(16,17)18)21-5-4-20-9-3-1-2-8(6-9)7-19/h1-3,6,10H,4-5H2. The number of rotatable bonds is 5. The molecule has 0 aliphatic carbocycles. The zero-order chi connectivity index (χ0) is 16.1. The van der Waals surface area contributed by atoms with Crippen LogP contribution in [0.2, 0.25) is 0 Å². The van der Waals surface area contributed by atoms with E-state index in [2.05, 4.69) is 4.74 Å². The Morgan fingerprint density at radius 3 is 2.19 bits per heavy atom. The van der Waals surface area contributed by atoms with Gasteiger partial charge in [-0.05, 0) is 18.2 Å². The number of alkyl halides is 6. The lowest BCUT2D eigenvalue weighted by Gasteiger charge is -2.23.